The van der Waals surface area contributed by atoms with Crippen molar-refractivity contribution < 1.29 is 19.8 Å². The van der Waals surface area contributed by atoms with Gasteiger partial charge in [-0.1, -0.05) is 72.2 Å². The van der Waals surface area contributed by atoms with Gasteiger partial charge in [-0.25, -0.2) is 9.59 Å². The van der Waals surface area contributed by atoms with Crippen molar-refractivity contribution in [2.45, 2.75) is 38.5 Å². The van der Waals surface area contributed by atoms with Crippen molar-refractivity contribution in [3.63, 3.8) is 0 Å². The van der Waals surface area contributed by atoms with Gasteiger partial charge < -0.3 is 10.2 Å². The normalized spacial score (nSPS) is 21.6. The first-order chi connectivity index (χ1) is 19.3. The van der Waals surface area contributed by atoms with Crippen LogP contribution < -0.4 is 0 Å². The van der Waals surface area contributed by atoms with Crippen molar-refractivity contribution in [1.29, 1.82) is 0 Å². The highest BCUT2D eigenvalue weighted by Gasteiger charge is 2.47. The van der Waals surface area contributed by atoms with Crippen molar-refractivity contribution in [3.8, 4) is 23.7 Å². The van der Waals surface area contributed by atoms with Gasteiger partial charge in [0.15, 0.2) is 0 Å². The Kier molecular flexibility index (Phi) is 5.38. The average Bonchev–Trinajstić information content (AvgIpc) is 2.99. The lowest BCUT2D eigenvalue weighted by molar-refractivity contribution is 0.0696. The van der Waals surface area contributed by atoms with E-state index in [-0.39, 0.29) is 22.0 Å². The zero-order valence-electron chi connectivity index (χ0n) is 21.9. The van der Waals surface area contributed by atoms with E-state index in [0.29, 0.717) is 5.56 Å². The lowest BCUT2D eigenvalue weighted by Gasteiger charge is -2.48. The largest absolute Gasteiger partial charge is 0.478 e. The molecule has 0 radical (unpaired) electrons. The number of carboxylic acid groups (broad SMARTS) is 2. The minimum atomic E-state index is -1.16. The third kappa shape index (κ3) is 3.96. The number of aromatic carboxylic acids is 2. The third-order valence-electron chi connectivity index (χ3n) is 9.14. The average molecular weight is 523 g/mol. The first kappa shape index (κ1) is 24.3. The molecule has 0 heterocycles. The fraction of sp³-hybridized carbons (Fsp3) is 0.222. The van der Waals surface area contributed by atoms with Gasteiger partial charge >= 0.3 is 11.9 Å². The molecule has 4 heteroatoms. The summed E-state index contributed by atoms with van der Waals surface area (Å²) in [5.74, 6) is 11.5. The number of carbonyl (C=O) groups is 2. The SMILES string of the molecule is O=C(O)c1cc(C#CC23CCC(C#Cc4ccc5ccc6cccc7ccc4c5c67)(CC2)CC3)cc(C(=O)O)c1. The van der Waals surface area contributed by atoms with E-state index < -0.39 is 11.9 Å². The van der Waals surface area contributed by atoms with Crippen LogP contribution in [0.5, 0.6) is 0 Å². The van der Waals surface area contributed by atoms with E-state index in [0.717, 1.165) is 44.1 Å². The summed E-state index contributed by atoms with van der Waals surface area (Å²) < 4.78 is 0. The number of benzene rings is 5. The Bertz CT molecular complexity index is 1920. The Morgan fingerprint density at radius 1 is 0.600 bits per heavy atom. The molecule has 3 aliphatic carbocycles. The maximum Gasteiger partial charge on any atom is 0.335 e. The van der Waals surface area contributed by atoms with Gasteiger partial charge in [0.2, 0.25) is 0 Å². The molecular weight excluding hydrogens is 496 g/mol. The number of carboxylic acids is 2. The summed E-state index contributed by atoms with van der Waals surface area (Å²) in [6, 6.07) is 23.7. The van der Waals surface area contributed by atoms with Crippen LogP contribution in [0.4, 0.5) is 0 Å². The van der Waals surface area contributed by atoms with Gasteiger partial charge in [-0.2, -0.15) is 0 Å². The smallest absolute Gasteiger partial charge is 0.335 e. The Morgan fingerprint density at radius 2 is 1.10 bits per heavy atom. The van der Waals surface area contributed by atoms with E-state index in [1.165, 1.54) is 50.5 Å². The second-order valence-corrected chi connectivity index (χ2v) is 11.4. The summed E-state index contributed by atoms with van der Waals surface area (Å²) in [5, 5.41) is 26.3. The van der Waals surface area contributed by atoms with Crippen LogP contribution in [0.1, 0.15) is 70.4 Å². The second-order valence-electron chi connectivity index (χ2n) is 11.4. The van der Waals surface area contributed by atoms with E-state index in [1.807, 2.05) is 0 Å². The van der Waals surface area contributed by atoms with Gasteiger partial charge in [-0.15, -0.1) is 0 Å². The predicted octanol–water partition coefficient (Wildman–Crippen LogP) is 7.72. The molecule has 0 aliphatic heterocycles. The van der Waals surface area contributed by atoms with Crippen LogP contribution in [-0.2, 0) is 0 Å². The molecule has 194 valence electrons. The molecule has 3 saturated carbocycles. The number of hydrogen-bond acceptors (Lipinski definition) is 2. The lowest BCUT2D eigenvalue weighted by atomic mass is 9.54. The first-order valence-corrected chi connectivity index (χ1v) is 13.7. The standard InChI is InChI=1S/C36H26O4/c37-33(38)28-20-23(21-29(22-28)34(39)40)10-12-35-14-17-36(18-15-35,19-16-35)13-11-24-4-5-27-7-6-25-2-1-3-26-8-9-30(24)32(27)31(25)26/h1-9,20-22H,14-19H2,(H,37,38)(H,39,40). The molecule has 0 atom stereocenters. The van der Waals surface area contributed by atoms with Crippen molar-refractivity contribution in [2.75, 3.05) is 0 Å². The Labute approximate surface area is 232 Å². The van der Waals surface area contributed by atoms with Crippen LogP contribution in [0.15, 0.2) is 72.8 Å². The maximum atomic E-state index is 11.5. The summed E-state index contributed by atoms with van der Waals surface area (Å²) in [6.45, 7) is 0. The molecule has 5 aromatic carbocycles. The quantitative estimate of drug-likeness (QED) is 0.184. The van der Waals surface area contributed by atoms with Crippen molar-refractivity contribution in [1.82, 2.24) is 0 Å². The molecular formula is C36H26O4. The van der Waals surface area contributed by atoms with Crippen LogP contribution >= 0.6 is 0 Å². The van der Waals surface area contributed by atoms with Gasteiger partial charge in [-0.3, -0.25) is 0 Å². The lowest BCUT2D eigenvalue weighted by Crippen LogP contribution is -2.40. The summed E-state index contributed by atoms with van der Waals surface area (Å²) in [5.41, 5.74) is 1.26. The highest BCUT2D eigenvalue weighted by molar-refractivity contribution is 6.23. The van der Waals surface area contributed by atoms with Crippen molar-refractivity contribution >= 4 is 44.3 Å². The van der Waals surface area contributed by atoms with Gasteiger partial charge in [0.05, 0.1) is 11.1 Å². The molecule has 2 bridgehead atoms. The van der Waals surface area contributed by atoms with E-state index in [9.17, 15) is 19.8 Å². The Balaban J connectivity index is 1.17. The zero-order valence-corrected chi connectivity index (χ0v) is 21.9. The van der Waals surface area contributed by atoms with Crippen LogP contribution in [-0.4, -0.2) is 22.2 Å². The minimum Gasteiger partial charge on any atom is -0.478 e. The fourth-order valence-electron chi connectivity index (χ4n) is 6.76. The first-order valence-electron chi connectivity index (χ1n) is 13.7. The third-order valence-corrected chi connectivity index (χ3v) is 9.14. The van der Waals surface area contributed by atoms with Crippen LogP contribution in [0, 0.1) is 34.5 Å². The predicted molar refractivity (Wildman–Crippen MR) is 157 cm³/mol. The topological polar surface area (TPSA) is 74.6 Å². The van der Waals surface area contributed by atoms with E-state index in [1.54, 1.807) is 0 Å². The monoisotopic (exact) mass is 522 g/mol. The molecule has 0 aromatic heterocycles. The van der Waals surface area contributed by atoms with Crippen LogP contribution in [0.3, 0.4) is 0 Å². The van der Waals surface area contributed by atoms with E-state index in [4.69, 9.17) is 0 Å². The van der Waals surface area contributed by atoms with Gasteiger partial charge in [0.25, 0.3) is 0 Å². The molecule has 8 rings (SSSR count). The van der Waals surface area contributed by atoms with Crippen LogP contribution in [0.2, 0.25) is 0 Å². The second kappa shape index (κ2) is 8.87. The summed E-state index contributed by atoms with van der Waals surface area (Å²) in [7, 11) is 0. The minimum absolute atomic E-state index is 0.00684. The van der Waals surface area contributed by atoms with E-state index >= 15 is 0 Å². The van der Waals surface area contributed by atoms with Gasteiger partial charge in [0.1, 0.15) is 0 Å². The molecule has 40 heavy (non-hydrogen) atoms. The summed E-state index contributed by atoms with van der Waals surface area (Å²) in [6.07, 6.45) is 5.77. The molecule has 0 spiro atoms. The fourth-order valence-corrected chi connectivity index (χ4v) is 6.76. The maximum absolute atomic E-state index is 11.5. The zero-order chi connectivity index (χ0) is 27.5. The Morgan fingerprint density at radius 3 is 1.68 bits per heavy atom. The van der Waals surface area contributed by atoms with Gasteiger partial charge in [-0.05, 0) is 95.1 Å². The molecule has 5 aromatic rings. The molecule has 4 nitrogen and oxygen atoms in total. The summed E-state index contributed by atoms with van der Waals surface area (Å²) >= 11 is 0. The summed E-state index contributed by atoms with van der Waals surface area (Å²) in [4.78, 5) is 22.9. The van der Waals surface area contributed by atoms with Crippen molar-refractivity contribution in [3.05, 3.63) is 95.1 Å². The number of hydrogen-bond donors (Lipinski definition) is 2. The molecule has 0 saturated heterocycles. The number of fused-ring (bicyclic) bond motifs is 3. The molecule has 3 aliphatic rings. The van der Waals surface area contributed by atoms with Crippen LogP contribution in [0.25, 0.3) is 32.3 Å². The molecule has 0 unspecified atom stereocenters. The van der Waals surface area contributed by atoms with E-state index in [2.05, 4.69) is 78.3 Å². The molecule has 3 fully saturated rings. The number of rotatable bonds is 2. The highest BCUT2D eigenvalue weighted by atomic mass is 16.4. The Hall–Kier alpha value is -4.80. The molecule has 0 amide bonds. The van der Waals surface area contributed by atoms with Gasteiger partial charge in [0, 0.05) is 22.0 Å². The molecule has 2 N–H and O–H groups in total. The highest BCUT2D eigenvalue weighted by Crippen LogP contribution is 2.56. The van der Waals surface area contributed by atoms with Crippen molar-refractivity contribution in [2.24, 2.45) is 10.8 Å².